The van der Waals surface area contributed by atoms with Crippen molar-refractivity contribution in [3.63, 3.8) is 0 Å². The molecule has 1 N–H and O–H groups in total. The molecule has 146 valence electrons. The van der Waals surface area contributed by atoms with Crippen LogP contribution in [0.1, 0.15) is 45.2 Å². The highest BCUT2D eigenvalue weighted by Crippen LogP contribution is 2.48. The van der Waals surface area contributed by atoms with Gasteiger partial charge in [-0.25, -0.2) is 8.78 Å². The van der Waals surface area contributed by atoms with Crippen molar-refractivity contribution in [2.24, 2.45) is 4.99 Å². The topological polar surface area (TPSA) is 61.8 Å². The van der Waals surface area contributed by atoms with Crippen molar-refractivity contribution in [3.8, 4) is 0 Å². The number of nitrogens with zero attached hydrogens (tertiary/aromatic N) is 2. The van der Waals surface area contributed by atoms with Crippen LogP contribution in [0.5, 0.6) is 0 Å². The third-order valence-electron chi connectivity index (χ3n) is 5.47. The van der Waals surface area contributed by atoms with E-state index in [1.165, 1.54) is 19.1 Å². The van der Waals surface area contributed by atoms with Gasteiger partial charge in [-0.3, -0.25) is 14.6 Å². The van der Waals surface area contributed by atoms with Crippen molar-refractivity contribution in [1.82, 2.24) is 10.2 Å². The number of hydrogen-bond donors (Lipinski definition) is 1. The van der Waals surface area contributed by atoms with Crippen LogP contribution < -0.4 is 5.32 Å². The van der Waals surface area contributed by atoms with E-state index in [1.54, 1.807) is 24.0 Å². The van der Waals surface area contributed by atoms with Gasteiger partial charge in [0.1, 0.15) is 16.2 Å². The van der Waals surface area contributed by atoms with Gasteiger partial charge in [0.05, 0.1) is 6.04 Å². The van der Waals surface area contributed by atoms with Crippen LogP contribution in [0.15, 0.2) is 29.3 Å². The summed E-state index contributed by atoms with van der Waals surface area (Å²) >= 11 is 1.10. The standard InChI is InChI=1S/C19H23F2N3O2S/c1-12(14-4-6-15(20)7-5-14)22-17-23-16(26)18(3,27-17)19(21)8-10-24(11-9-19)13(2)25/h4-7,12H,8-11H2,1-3H3,(H,22,23,26)/t12-,18?/m0/s1. The SMILES string of the molecule is CC(=O)N1CCC(F)(C2(C)SC(=N[C@@H](C)c3ccc(F)cc3)NC2=O)CC1. The summed E-state index contributed by atoms with van der Waals surface area (Å²) in [4.78, 5) is 30.2. The summed E-state index contributed by atoms with van der Waals surface area (Å²) in [6.45, 7) is 5.49. The summed E-state index contributed by atoms with van der Waals surface area (Å²) in [5.74, 6) is -0.816. The average molecular weight is 395 g/mol. The Bertz CT molecular complexity index is 776. The molecule has 2 aliphatic heterocycles. The molecule has 2 atom stereocenters. The molecule has 1 aromatic carbocycles. The van der Waals surface area contributed by atoms with Crippen molar-refractivity contribution in [2.45, 2.75) is 50.1 Å². The molecule has 8 heteroatoms. The summed E-state index contributed by atoms with van der Waals surface area (Å²) < 4.78 is 27.5. The quantitative estimate of drug-likeness (QED) is 0.855. The maximum absolute atomic E-state index is 15.7. The molecule has 3 rings (SSSR count). The number of amides is 2. The Balaban J connectivity index is 1.75. The first kappa shape index (κ1) is 19.8. The number of rotatable bonds is 3. The largest absolute Gasteiger partial charge is 0.343 e. The lowest BCUT2D eigenvalue weighted by atomic mass is 9.80. The van der Waals surface area contributed by atoms with Crippen molar-refractivity contribution in [2.75, 3.05) is 13.1 Å². The summed E-state index contributed by atoms with van der Waals surface area (Å²) in [5.41, 5.74) is -0.915. The first-order valence-electron chi connectivity index (χ1n) is 8.93. The molecule has 2 amide bonds. The zero-order chi connectivity index (χ0) is 19.8. The zero-order valence-electron chi connectivity index (χ0n) is 15.6. The maximum atomic E-state index is 15.7. The van der Waals surface area contributed by atoms with E-state index in [2.05, 4.69) is 10.3 Å². The second-order valence-corrected chi connectivity index (χ2v) is 8.63. The molecule has 2 aliphatic rings. The van der Waals surface area contributed by atoms with Crippen LogP contribution in [0.25, 0.3) is 0 Å². The highest BCUT2D eigenvalue weighted by molar-refractivity contribution is 8.16. The lowest BCUT2D eigenvalue weighted by Crippen LogP contribution is -2.57. The van der Waals surface area contributed by atoms with Crippen LogP contribution in [-0.4, -0.2) is 45.4 Å². The molecule has 5 nitrogen and oxygen atoms in total. The number of alkyl halides is 1. The van der Waals surface area contributed by atoms with Crippen molar-refractivity contribution in [3.05, 3.63) is 35.6 Å². The molecule has 0 aliphatic carbocycles. The normalized spacial score (nSPS) is 27.5. The second kappa shape index (κ2) is 7.22. The van der Waals surface area contributed by atoms with E-state index >= 15 is 4.39 Å². The maximum Gasteiger partial charge on any atom is 0.245 e. The Labute approximate surface area is 161 Å². The number of carbonyl (C=O) groups excluding carboxylic acids is 2. The number of aliphatic imine (C=N–C) groups is 1. The molecule has 2 saturated heterocycles. The minimum absolute atomic E-state index is 0.0823. The fraction of sp³-hybridized carbons (Fsp3) is 0.526. The molecule has 27 heavy (non-hydrogen) atoms. The summed E-state index contributed by atoms with van der Waals surface area (Å²) in [5, 5.41) is 3.06. The Morgan fingerprint density at radius 2 is 1.89 bits per heavy atom. The van der Waals surface area contributed by atoms with Crippen LogP contribution in [0.3, 0.4) is 0 Å². The molecular formula is C19H23F2N3O2S. The first-order chi connectivity index (χ1) is 12.6. The first-order valence-corrected chi connectivity index (χ1v) is 9.74. The highest BCUT2D eigenvalue weighted by atomic mass is 32.2. The molecule has 0 aromatic heterocycles. The van der Waals surface area contributed by atoms with E-state index in [-0.39, 0.29) is 30.6 Å². The Hall–Kier alpha value is -1.96. The monoisotopic (exact) mass is 395 g/mol. The molecule has 0 saturated carbocycles. The smallest absolute Gasteiger partial charge is 0.245 e. The third kappa shape index (κ3) is 3.72. The number of amidine groups is 1. The average Bonchev–Trinajstić information content (AvgIpc) is 2.91. The fourth-order valence-corrected chi connectivity index (χ4v) is 4.75. The number of likely N-dealkylation sites (tertiary alicyclic amines) is 1. The minimum atomic E-state index is -1.72. The highest BCUT2D eigenvalue weighted by Gasteiger charge is 2.59. The van der Waals surface area contributed by atoms with Crippen LogP contribution in [-0.2, 0) is 9.59 Å². The molecule has 2 fully saturated rings. The van der Waals surface area contributed by atoms with E-state index in [9.17, 15) is 14.0 Å². The number of piperidine rings is 1. The van der Waals surface area contributed by atoms with Crippen molar-refractivity contribution in [1.29, 1.82) is 0 Å². The Morgan fingerprint density at radius 1 is 1.30 bits per heavy atom. The summed E-state index contributed by atoms with van der Waals surface area (Å²) in [7, 11) is 0. The third-order valence-corrected chi connectivity index (χ3v) is 6.83. The van der Waals surface area contributed by atoms with Gasteiger partial charge in [0.25, 0.3) is 0 Å². The van der Waals surface area contributed by atoms with Gasteiger partial charge in [0, 0.05) is 32.9 Å². The van der Waals surface area contributed by atoms with Gasteiger partial charge < -0.3 is 10.2 Å². The summed E-state index contributed by atoms with van der Waals surface area (Å²) in [6, 6.07) is 5.69. The lowest BCUT2D eigenvalue weighted by molar-refractivity contribution is -0.133. The van der Waals surface area contributed by atoms with Gasteiger partial charge in [0.2, 0.25) is 11.8 Å². The van der Waals surface area contributed by atoms with Gasteiger partial charge >= 0.3 is 0 Å². The molecule has 1 unspecified atom stereocenters. The number of carbonyl (C=O) groups is 2. The molecule has 1 aromatic rings. The van der Waals surface area contributed by atoms with Gasteiger partial charge in [-0.05, 0) is 31.5 Å². The van der Waals surface area contributed by atoms with Gasteiger partial charge in [-0.1, -0.05) is 23.9 Å². The predicted octanol–water partition coefficient (Wildman–Crippen LogP) is 3.22. The van der Waals surface area contributed by atoms with Crippen molar-refractivity contribution >= 4 is 28.7 Å². The second-order valence-electron chi connectivity index (χ2n) is 7.22. The van der Waals surface area contributed by atoms with E-state index in [0.29, 0.717) is 18.3 Å². The number of thioether (sulfide) groups is 1. The van der Waals surface area contributed by atoms with E-state index in [4.69, 9.17) is 0 Å². The van der Waals surface area contributed by atoms with Crippen LogP contribution in [0.4, 0.5) is 8.78 Å². The number of benzene rings is 1. The number of nitrogens with one attached hydrogen (secondary N) is 1. The van der Waals surface area contributed by atoms with E-state index < -0.39 is 16.3 Å². The zero-order valence-corrected chi connectivity index (χ0v) is 16.4. The number of hydrogen-bond acceptors (Lipinski definition) is 4. The van der Waals surface area contributed by atoms with E-state index in [1.807, 2.05) is 6.92 Å². The van der Waals surface area contributed by atoms with Gasteiger partial charge in [0.15, 0.2) is 5.17 Å². The lowest BCUT2D eigenvalue weighted by Gasteiger charge is -2.43. The molecular weight excluding hydrogens is 372 g/mol. The minimum Gasteiger partial charge on any atom is -0.343 e. The number of halogens is 2. The fourth-order valence-electron chi connectivity index (χ4n) is 3.48. The molecule has 0 spiro atoms. The summed E-state index contributed by atoms with van der Waals surface area (Å²) in [6.07, 6.45) is 0.231. The molecule has 0 radical (unpaired) electrons. The van der Waals surface area contributed by atoms with Gasteiger partial charge in [-0.15, -0.1) is 0 Å². The van der Waals surface area contributed by atoms with Crippen molar-refractivity contribution < 1.29 is 18.4 Å². The molecule has 0 bridgehead atoms. The predicted molar refractivity (Wildman–Crippen MR) is 102 cm³/mol. The van der Waals surface area contributed by atoms with E-state index in [0.717, 1.165) is 17.3 Å². The van der Waals surface area contributed by atoms with Gasteiger partial charge in [-0.2, -0.15) is 0 Å². The van der Waals surface area contributed by atoms with Crippen LogP contribution in [0, 0.1) is 5.82 Å². The molecule has 2 heterocycles. The van der Waals surface area contributed by atoms with Crippen LogP contribution in [0.2, 0.25) is 0 Å². The van der Waals surface area contributed by atoms with Crippen LogP contribution >= 0.6 is 11.8 Å². The Morgan fingerprint density at radius 3 is 2.44 bits per heavy atom. The Kier molecular flexibility index (Phi) is 5.29.